The molecule has 1 amide bonds. The van der Waals surface area contributed by atoms with Crippen LogP contribution in [0.3, 0.4) is 0 Å². The van der Waals surface area contributed by atoms with Crippen LogP contribution in [0, 0.1) is 5.41 Å². The van der Waals surface area contributed by atoms with Gasteiger partial charge in [-0.2, -0.15) is 0 Å². The summed E-state index contributed by atoms with van der Waals surface area (Å²) >= 11 is 0. The maximum atomic E-state index is 12.1. The van der Waals surface area contributed by atoms with E-state index in [1.165, 1.54) is 11.0 Å². The Balaban J connectivity index is 3.28. The van der Waals surface area contributed by atoms with E-state index in [0.29, 0.717) is 13.0 Å². The van der Waals surface area contributed by atoms with Crippen LogP contribution in [0.2, 0.25) is 18.1 Å². The van der Waals surface area contributed by atoms with Gasteiger partial charge in [0.15, 0.2) is 8.32 Å². The first-order valence-electron chi connectivity index (χ1n) is 9.62. The Bertz CT molecular complexity index is 588. The third-order valence-electron chi connectivity index (χ3n) is 5.99. The number of carbonyl (C=O) groups excluding carboxylic acids is 1. The SMILES string of the molecule is CCOC(=O)C=C[C@]1(C(C)(C)C)C[C@@H](O[Si](C)(C)C(C)(C)C)CN1C(=O)O. The molecular weight excluding hydrogens is 362 g/mol. The van der Waals surface area contributed by atoms with Gasteiger partial charge in [0.1, 0.15) is 0 Å². The molecule has 0 aromatic carbocycles. The van der Waals surface area contributed by atoms with Crippen LogP contribution < -0.4 is 0 Å². The molecule has 0 aliphatic carbocycles. The van der Waals surface area contributed by atoms with Crippen LogP contribution in [0.25, 0.3) is 0 Å². The Hall–Kier alpha value is -1.34. The van der Waals surface area contributed by atoms with Crippen molar-refractivity contribution in [3.05, 3.63) is 12.2 Å². The van der Waals surface area contributed by atoms with Crippen LogP contribution in [-0.2, 0) is 14.0 Å². The number of carbonyl (C=O) groups is 2. The normalized spacial score (nSPS) is 24.5. The molecule has 0 unspecified atom stereocenters. The maximum Gasteiger partial charge on any atom is 0.408 e. The molecule has 0 bridgehead atoms. The van der Waals surface area contributed by atoms with Gasteiger partial charge in [0.05, 0.1) is 18.2 Å². The van der Waals surface area contributed by atoms with Crippen molar-refractivity contribution in [2.45, 2.75) is 84.7 Å². The van der Waals surface area contributed by atoms with E-state index in [0.717, 1.165) is 0 Å². The van der Waals surface area contributed by atoms with E-state index in [4.69, 9.17) is 9.16 Å². The highest BCUT2D eigenvalue weighted by atomic mass is 28.4. The lowest BCUT2D eigenvalue weighted by Crippen LogP contribution is -2.54. The monoisotopic (exact) mass is 399 g/mol. The molecule has 156 valence electrons. The summed E-state index contributed by atoms with van der Waals surface area (Å²) in [6.45, 7) is 19.1. The number of ether oxygens (including phenoxy) is 1. The molecule has 7 heteroatoms. The maximum absolute atomic E-state index is 12.1. The Kier molecular flexibility index (Phi) is 6.98. The Morgan fingerprint density at radius 1 is 1.22 bits per heavy atom. The van der Waals surface area contributed by atoms with Crippen LogP contribution in [0.5, 0.6) is 0 Å². The van der Waals surface area contributed by atoms with Gasteiger partial charge in [-0.05, 0) is 30.5 Å². The third-order valence-corrected chi connectivity index (χ3v) is 10.5. The number of amides is 1. The molecule has 1 saturated heterocycles. The third kappa shape index (κ3) is 5.13. The van der Waals surface area contributed by atoms with E-state index in [2.05, 4.69) is 33.9 Å². The zero-order valence-corrected chi connectivity index (χ0v) is 19.4. The number of carboxylic acid groups (broad SMARTS) is 1. The molecule has 0 aromatic heterocycles. The molecular formula is C20H37NO5Si. The number of likely N-dealkylation sites (tertiary alicyclic amines) is 1. The summed E-state index contributed by atoms with van der Waals surface area (Å²) in [6.07, 6.45) is 2.38. The average molecular weight is 400 g/mol. The Labute approximate surface area is 165 Å². The van der Waals surface area contributed by atoms with Crippen LogP contribution in [0.15, 0.2) is 12.2 Å². The molecule has 27 heavy (non-hydrogen) atoms. The van der Waals surface area contributed by atoms with Crippen molar-refractivity contribution in [1.29, 1.82) is 0 Å². The largest absolute Gasteiger partial charge is 0.465 e. The molecule has 1 aliphatic rings. The van der Waals surface area contributed by atoms with Crippen molar-refractivity contribution in [1.82, 2.24) is 4.90 Å². The average Bonchev–Trinajstić information content (AvgIpc) is 2.83. The lowest BCUT2D eigenvalue weighted by Gasteiger charge is -2.45. The lowest BCUT2D eigenvalue weighted by atomic mass is 9.71. The van der Waals surface area contributed by atoms with Gasteiger partial charge in [-0.15, -0.1) is 0 Å². The minimum atomic E-state index is -2.05. The molecule has 0 radical (unpaired) electrons. The van der Waals surface area contributed by atoms with Gasteiger partial charge in [0.25, 0.3) is 0 Å². The van der Waals surface area contributed by atoms with Gasteiger partial charge in [-0.1, -0.05) is 47.6 Å². The molecule has 2 atom stereocenters. The fourth-order valence-electron chi connectivity index (χ4n) is 3.32. The van der Waals surface area contributed by atoms with E-state index in [9.17, 15) is 14.7 Å². The van der Waals surface area contributed by atoms with Crippen molar-refractivity contribution >= 4 is 20.4 Å². The minimum Gasteiger partial charge on any atom is -0.465 e. The Morgan fingerprint density at radius 2 is 1.78 bits per heavy atom. The summed E-state index contributed by atoms with van der Waals surface area (Å²) in [6, 6.07) is 0. The molecule has 0 aromatic rings. The second-order valence-corrected chi connectivity index (χ2v) is 14.6. The van der Waals surface area contributed by atoms with E-state index in [1.54, 1.807) is 13.0 Å². The molecule has 1 aliphatic heterocycles. The highest BCUT2D eigenvalue weighted by Crippen LogP contribution is 2.47. The minimum absolute atomic E-state index is 0.0365. The second-order valence-electron chi connectivity index (χ2n) is 9.86. The van der Waals surface area contributed by atoms with E-state index >= 15 is 0 Å². The zero-order valence-electron chi connectivity index (χ0n) is 18.4. The summed E-state index contributed by atoms with van der Waals surface area (Å²) < 4.78 is 11.5. The number of nitrogens with zero attached hydrogens (tertiary/aromatic N) is 1. The number of rotatable bonds is 5. The van der Waals surface area contributed by atoms with Gasteiger partial charge in [0.2, 0.25) is 0 Å². The zero-order chi connectivity index (χ0) is 21.3. The van der Waals surface area contributed by atoms with Gasteiger partial charge in [0, 0.05) is 19.0 Å². The van der Waals surface area contributed by atoms with E-state index in [-0.39, 0.29) is 17.7 Å². The summed E-state index contributed by atoms with van der Waals surface area (Å²) in [5.74, 6) is -0.458. The van der Waals surface area contributed by atoms with Crippen molar-refractivity contribution < 1.29 is 23.9 Å². The lowest BCUT2D eigenvalue weighted by molar-refractivity contribution is -0.137. The van der Waals surface area contributed by atoms with Crippen LogP contribution >= 0.6 is 0 Å². The molecule has 1 N–H and O–H groups in total. The van der Waals surface area contributed by atoms with Gasteiger partial charge < -0.3 is 14.3 Å². The van der Waals surface area contributed by atoms with Gasteiger partial charge in [-0.25, -0.2) is 9.59 Å². The first-order chi connectivity index (χ1) is 12.1. The number of esters is 1. The first kappa shape index (κ1) is 23.7. The van der Waals surface area contributed by atoms with E-state index < -0.39 is 31.3 Å². The molecule has 1 heterocycles. The van der Waals surface area contributed by atoms with Crippen molar-refractivity contribution in [3.63, 3.8) is 0 Å². The fourth-order valence-corrected chi connectivity index (χ4v) is 4.67. The predicted molar refractivity (Wildman–Crippen MR) is 109 cm³/mol. The Morgan fingerprint density at radius 3 is 2.19 bits per heavy atom. The number of hydrogen-bond donors (Lipinski definition) is 1. The topological polar surface area (TPSA) is 76.1 Å². The fraction of sp³-hybridized carbons (Fsp3) is 0.800. The molecule has 1 rings (SSSR count). The van der Waals surface area contributed by atoms with Crippen molar-refractivity contribution in [3.8, 4) is 0 Å². The van der Waals surface area contributed by atoms with Crippen LogP contribution in [0.1, 0.15) is 54.9 Å². The summed E-state index contributed by atoms with van der Waals surface area (Å²) in [4.78, 5) is 25.4. The summed E-state index contributed by atoms with van der Waals surface area (Å²) in [7, 11) is -2.05. The second kappa shape index (κ2) is 7.95. The molecule has 6 nitrogen and oxygen atoms in total. The van der Waals surface area contributed by atoms with Crippen LogP contribution in [0.4, 0.5) is 4.79 Å². The quantitative estimate of drug-likeness (QED) is 0.413. The van der Waals surface area contributed by atoms with E-state index in [1.807, 2.05) is 20.8 Å². The van der Waals surface area contributed by atoms with Gasteiger partial charge in [-0.3, -0.25) is 4.90 Å². The summed E-state index contributed by atoms with van der Waals surface area (Å²) in [5.41, 5.74) is -1.25. The molecule has 0 saturated carbocycles. The number of hydrogen-bond acceptors (Lipinski definition) is 4. The molecule has 1 fully saturated rings. The standard InChI is InChI=1S/C20H37NO5Si/c1-10-25-16(22)11-12-20(18(2,3)4)13-15(14-21(20)17(23)24)26-27(8,9)19(5,6)7/h11-12,15H,10,13-14H2,1-9H3,(H,23,24)/t15-,20-/m1/s1. The van der Waals surface area contributed by atoms with Crippen molar-refractivity contribution in [2.24, 2.45) is 5.41 Å². The molecule has 0 spiro atoms. The van der Waals surface area contributed by atoms with Crippen LogP contribution in [-0.4, -0.2) is 55.2 Å². The first-order valence-corrected chi connectivity index (χ1v) is 12.5. The van der Waals surface area contributed by atoms with Crippen molar-refractivity contribution in [2.75, 3.05) is 13.2 Å². The summed E-state index contributed by atoms with van der Waals surface area (Å²) in [5, 5.41) is 9.92. The van der Waals surface area contributed by atoms with Gasteiger partial charge >= 0.3 is 12.1 Å². The highest BCUT2D eigenvalue weighted by molar-refractivity contribution is 6.74. The smallest absolute Gasteiger partial charge is 0.408 e. The highest BCUT2D eigenvalue weighted by Gasteiger charge is 2.55. The predicted octanol–water partition coefficient (Wildman–Crippen LogP) is 4.66.